The predicted octanol–water partition coefficient (Wildman–Crippen LogP) is 0.543. The minimum Gasteiger partial charge on any atom is -0.358 e. The fourth-order valence-electron chi connectivity index (χ4n) is 2.32. The van der Waals surface area contributed by atoms with Gasteiger partial charge in [-0.3, -0.25) is 9.59 Å². The van der Waals surface area contributed by atoms with E-state index in [0.717, 1.165) is 18.7 Å². The van der Waals surface area contributed by atoms with Crippen molar-refractivity contribution in [2.24, 2.45) is 5.73 Å². The molecule has 1 saturated heterocycles. The molecule has 19 heavy (non-hydrogen) atoms. The Balaban J connectivity index is 2.34. The molecule has 1 amide bonds. The van der Waals surface area contributed by atoms with Crippen molar-refractivity contribution in [1.82, 2.24) is 5.32 Å². The van der Waals surface area contributed by atoms with Gasteiger partial charge >= 0.3 is 0 Å². The average molecular weight is 261 g/mol. The quantitative estimate of drug-likeness (QED) is 0.779. The molecule has 5 nitrogen and oxygen atoms in total. The number of nitrogens with zero attached hydrogens (tertiary/aromatic N) is 1. The van der Waals surface area contributed by atoms with Crippen molar-refractivity contribution in [3.63, 3.8) is 0 Å². The van der Waals surface area contributed by atoms with Gasteiger partial charge in [0.1, 0.15) is 6.04 Å². The van der Waals surface area contributed by atoms with Crippen LogP contribution >= 0.6 is 0 Å². The maximum atomic E-state index is 11.9. The first kappa shape index (κ1) is 13.5. The number of amides is 1. The van der Waals surface area contributed by atoms with Crippen LogP contribution in [0.15, 0.2) is 24.3 Å². The standard InChI is InChI=1S/C14H19N3O2/c1-10(18)11-4-2-5-12(8-11)17-7-3-6-16-14(19)13(17)9-15/h2,4-5,8,13H,3,6-7,9,15H2,1H3,(H,16,19). The Hall–Kier alpha value is -1.88. The number of hydrogen-bond acceptors (Lipinski definition) is 4. The number of hydrogen-bond donors (Lipinski definition) is 2. The SMILES string of the molecule is CC(=O)c1cccc(N2CCCNC(=O)C2CN)c1. The molecule has 0 bridgehead atoms. The van der Waals surface area contributed by atoms with Crippen LogP contribution in [0.4, 0.5) is 5.69 Å². The van der Waals surface area contributed by atoms with Crippen molar-refractivity contribution >= 4 is 17.4 Å². The van der Waals surface area contributed by atoms with Crippen LogP contribution in [-0.2, 0) is 4.79 Å². The summed E-state index contributed by atoms with van der Waals surface area (Å²) in [6, 6.07) is 6.98. The topological polar surface area (TPSA) is 75.4 Å². The minimum absolute atomic E-state index is 0.0189. The summed E-state index contributed by atoms with van der Waals surface area (Å²) in [5, 5.41) is 2.86. The lowest BCUT2D eigenvalue weighted by Crippen LogP contribution is -2.49. The maximum Gasteiger partial charge on any atom is 0.244 e. The molecule has 1 unspecified atom stereocenters. The molecule has 0 saturated carbocycles. The molecule has 102 valence electrons. The largest absolute Gasteiger partial charge is 0.358 e. The highest BCUT2D eigenvalue weighted by atomic mass is 16.2. The van der Waals surface area contributed by atoms with Gasteiger partial charge in [0.25, 0.3) is 0 Å². The summed E-state index contributed by atoms with van der Waals surface area (Å²) in [4.78, 5) is 25.4. The van der Waals surface area contributed by atoms with E-state index in [1.54, 1.807) is 6.07 Å². The zero-order chi connectivity index (χ0) is 13.8. The van der Waals surface area contributed by atoms with Gasteiger partial charge in [-0.1, -0.05) is 12.1 Å². The highest BCUT2D eigenvalue weighted by Crippen LogP contribution is 2.20. The normalized spacial score (nSPS) is 19.8. The van der Waals surface area contributed by atoms with E-state index in [2.05, 4.69) is 5.32 Å². The Bertz CT molecular complexity index is 487. The second kappa shape index (κ2) is 5.84. The van der Waals surface area contributed by atoms with Crippen molar-refractivity contribution in [1.29, 1.82) is 0 Å². The third-order valence-corrected chi connectivity index (χ3v) is 3.36. The predicted molar refractivity (Wildman–Crippen MR) is 74.3 cm³/mol. The van der Waals surface area contributed by atoms with Gasteiger partial charge < -0.3 is 16.0 Å². The van der Waals surface area contributed by atoms with Crippen molar-refractivity contribution in [3.05, 3.63) is 29.8 Å². The number of ketones is 1. The third kappa shape index (κ3) is 2.93. The first-order valence-electron chi connectivity index (χ1n) is 6.49. The minimum atomic E-state index is -0.371. The van der Waals surface area contributed by atoms with Crippen LogP contribution in [0.2, 0.25) is 0 Å². The number of anilines is 1. The number of rotatable bonds is 3. The Morgan fingerprint density at radius 1 is 1.53 bits per heavy atom. The van der Waals surface area contributed by atoms with Gasteiger partial charge in [0.15, 0.2) is 5.78 Å². The van der Waals surface area contributed by atoms with Crippen LogP contribution in [0.1, 0.15) is 23.7 Å². The highest BCUT2D eigenvalue weighted by molar-refractivity contribution is 5.95. The number of carbonyl (C=O) groups is 2. The Kier molecular flexibility index (Phi) is 4.16. The molecule has 0 radical (unpaired) electrons. The second-order valence-electron chi connectivity index (χ2n) is 4.70. The Labute approximate surface area is 112 Å². The van der Waals surface area contributed by atoms with E-state index in [1.807, 2.05) is 23.1 Å². The van der Waals surface area contributed by atoms with Crippen molar-refractivity contribution in [2.75, 3.05) is 24.5 Å². The second-order valence-corrected chi connectivity index (χ2v) is 4.70. The van der Waals surface area contributed by atoms with E-state index in [4.69, 9.17) is 5.73 Å². The van der Waals surface area contributed by atoms with Crippen LogP contribution in [0, 0.1) is 0 Å². The lowest BCUT2D eigenvalue weighted by atomic mass is 10.1. The number of Topliss-reactive ketones (excluding diaryl/α,β-unsaturated/α-hetero) is 1. The summed E-state index contributed by atoms with van der Waals surface area (Å²) < 4.78 is 0. The van der Waals surface area contributed by atoms with Crippen LogP contribution in [0.5, 0.6) is 0 Å². The molecular formula is C14H19N3O2. The lowest BCUT2D eigenvalue weighted by molar-refractivity contribution is -0.121. The summed E-state index contributed by atoms with van der Waals surface area (Å²) >= 11 is 0. The highest BCUT2D eigenvalue weighted by Gasteiger charge is 2.27. The number of nitrogens with one attached hydrogen (secondary N) is 1. The molecule has 0 spiro atoms. The smallest absolute Gasteiger partial charge is 0.244 e. The number of benzene rings is 1. The van der Waals surface area contributed by atoms with Gasteiger partial charge in [-0.2, -0.15) is 0 Å². The zero-order valence-electron chi connectivity index (χ0n) is 11.1. The van der Waals surface area contributed by atoms with E-state index in [9.17, 15) is 9.59 Å². The van der Waals surface area contributed by atoms with Crippen LogP contribution in [0.25, 0.3) is 0 Å². The van der Waals surface area contributed by atoms with Crippen LogP contribution in [-0.4, -0.2) is 37.4 Å². The first-order valence-corrected chi connectivity index (χ1v) is 6.49. The monoisotopic (exact) mass is 261 g/mol. The molecule has 0 aromatic heterocycles. The van der Waals surface area contributed by atoms with Crippen LogP contribution in [0.3, 0.4) is 0 Å². The van der Waals surface area contributed by atoms with E-state index in [0.29, 0.717) is 12.1 Å². The Morgan fingerprint density at radius 3 is 3.00 bits per heavy atom. The molecule has 0 aliphatic carbocycles. The van der Waals surface area contributed by atoms with Crippen LogP contribution < -0.4 is 16.0 Å². The molecule has 1 aliphatic heterocycles. The van der Waals surface area contributed by atoms with E-state index < -0.39 is 0 Å². The summed E-state index contributed by atoms with van der Waals surface area (Å²) in [6.07, 6.45) is 0.868. The Morgan fingerprint density at radius 2 is 2.32 bits per heavy atom. The van der Waals surface area contributed by atoms with Crippen molar-refractivity contribution < 1.29 is 9.59 Å². The molecule has 1 aromatic carbocycles. The average Bonchev–Trinajstić information content (AvgIpc) is 2.60. The first-order chi connectivity index (χ1) is 9.13. The third-order valence-electron chi connectivity index (χ3n) is 3.36. The van der Waals surface area contributed by atoms with Gasteiger partial charge in [-0.15, -0.1) is 0 Å². The molecule has 1 heterocycles. The van der Waals surface area contributed by atoms with E-state index >= 15 is 0 Å². The summed E-state index contributed by atoms with van der Waals surface area (Å²) in [6.45, 7) is 3.21. The summed E-state index contributed by atoms with van der Waals surface area (Å²) in [5.74, 6) is -0.0290. The van der Waals surface area contributed by atoms with E-state index in [-0.39, 0.29) is 24.3 Å². The molecule has 2 rings (SSSR count). The van der Waals surface area contributed by atoms with Crippen molar-refractivity contribution in [2.45, 2.75) is 19.4 Å². The molecule has 1 fully saturated rings. The van der Waals surface area contributed by atoms with Gasteiger partial charge in [-0.25, -0.2) is 0 Å². The van der Waals surface area contributed by atoms with Gasteiger partial charge in [-0.05, 0) is 25.5 Å². The fraction of sp³-hybridized carbons (Fsp3) is 0.429. The molecule has 1 aromatic rings. The van der Waals surface area contributed by atoms with Gasteiger partial charge in [0, 0.05) is 30.9 Å². The molecule has 1 atom stereocenters. The molecule has 1 aliphatic rings. The zero-order valence-corrected chi connectivity index (χ0v) is 11.1. The van der Waals surface area contributed by atoms with Gasteiger partial charge in [0.2, 0.25) is 5.91 Å². The van der Waals surface area contributed by atoms with Crippen molar-refractivity contribution in [3.8, 4) is 0 Å². The summed E-state index contributed by atoms with van der Waals surface area (Å²) in [7, 11) is 0. The number of nitrogens with two attached hydrogens (primary N) is 1. The van der Waals surface area contributed by atoms with Gasteiger partial charge in [0.05, 0.1) is 0 Å². The number of carbonyl (C=O) groups excluding carboxylic acids is 2. The maximum absolute atomic E-state index is 11.9. The fourth-order valence-corrected chi connectivity index (χ4v) is 2.32. The molecule has 5 heteroatoms. The molecule has 3 N–H and O–H groups in total. The van der Waals surface area contributed by atoms with E-state index in [1.165, 1.54) is 6.92 Å². The lowest BCUT2D eigenvalue weighted by Gasteiger charge is -2.29. The summed E-state index contributed by atoms with van der Waals surface area (Å²) in [5.41, 5.74) is 7.25. The molecular weight excluding hydrogens is 242 g/mol.